The van der Waals surface area contributed by atoms with Gasteiger partial charge < -0.3 is 5.73 Å². The standard InChI is InChI=1S/C12H13N5O2S/c1-6-7(2)14-12(15-8(6)3)20-11-9(17(18)19)4-5-10(13)16-11/h4-5H,1-3H3,(H2,13,16). The molecule has 0 atom stereocenters. The van der Waals surface area contributed by atoms with E-state index in [9.17, 15) is 10.1 Å². The predicted octanol–water partition coefficient (Wildman–Crippen LogP) is 2.44. The molecule has 0 saturated carbocycles. The molecule has 0 bridgehead atoms. The quantitative estimate of drug-likeness (QED) is 0.525. The molecule has 7 nitrogen and oxygen atoms in total. The van der Waals surface area contributed by atoms with Gasteiger partial charge in [0.2, 0.25) is 0 Å². The van der Waals surface area contributed by atoms with Gasteiger partial charge >= 0.3 is 5.69 Å². The summed E-state index contributed by atoms with van der Waals surface area (Å²) in [5.41, 5.74) is 8.15. The average Bonchev–Trinajstić information content (AvgIpc) is 2.35. The second-order valence-corrected chi connectivity index (χ2v) is 5.18. The summed E-state index contributed by atoms with van der Waals surface area (Å²) in [6.45, 7) is 5.67. The fraction of sp³-hybridized carbons (Fsp3) is 0.250. The first kappa shape index (κ1) is 14.2. The van der Waals surface area contributed by atoms with Crippen LogP contribution in [-0.4, -0.2) is 19.9 Å². The molecule has 2 N–H and O–H groups in total. The first-order chi connectivity index (χ1) is 9.38. The zero-order valence-electron chi connectivity index (χ0n) is 11.2. The minimum Gasteiger partial charge on any atom is -0.384 e. The zero-order valence-corrected chi connectivity index (χ0v) is 12.1. The second-order valence-electron chi connectivity index (χ2n) is 4.22. The van der Waals surface area contributed by atoms with E-state index < -0.39 is 4.92 Å². The highest BCUT2D eigenvalue weighted by Gasteiger charge is 2.18. The van der Waals surface area contributed by atoms with Gasteiger partial charge in [0.1, 0.15) is 5.82 Å². The van der Waals surface area contributed by atoms with E-state index in [2.05, 4.69) is 15.0 Å². The molecule has 104 valence electrons. The van der Waals surface area contributed by atoms with Crippen LogP contribution >= 0.6 is 11.8 Å². The number of nitrogens with zero attached hydrogens (tertiary/aromatic N) is 4. The number of hydrogen-bond acceptors (Lipinski definition) is 7. The SMILES string of the molecule is Cc1nc(Sc2nc(N)ccc2[N+](=O)[O-])nc(C)c1C. The van der Waals surface area contributed by atoms with Crippen LogP contribution in [0.3, 0.4) is 0 Å². The van der Waals surface area contributed by atoms with Crippen molar-refractivity contribution in [3.05, 3.63) is 39.2 Å². The smallest absolute Gasteiger partial charge is 0.301 e. The van der Waals surface area contributed by atoms with Gasteiger partial charge in [-0.3, -0.25) is 10.1 Å². The third-order valence-corrected chi connectivity index (χ3v) is 3.72. The highest BCUT2D eigenvalue weighted by Crippen LogP contribution is 2.32. The fourth-order valence-corrected chi connectivity index (χ4v) is 2.47. The number of nitro groups is 1. The number of aromatic nitrogens is 3. The first-order valence-electron chi connectivity index (χ1n) is 5.79. The Hall–Kier alpha value is -2.22. The van der Waals surface area contributed by atoms with Crippen molar-refractivity contribution in [1.82, 2.24) is 15.0 Å². The van der Waals surface area contributed by atoms with Gasteiger partial charge in [0.05, 0.1) is 4.92 Å². The van der Waals surface area contributed by atoms with Gasteiger partial charge in [-0.15, -0.1) is 0 Å². The van der Waals surface area contributed by atoms with Crippen molar-refractivity contribution < 1.29 is 4.92 Å². The molecule has 0 aromatic carbocycles. The summed E-state index contributed by atoms with van der Waals surface area (Å²) in [6, 6.07) is 2.73. The van der Waals surface area contributed by atoms with Crippen LogP contribution in [0.4, 0.5) is 11.5 Å². The molecule has 20 heavy (non-hydrogen) atoms. The molecule has 0 amide bonds. The number of aryl methyl sites for hydroxylation is 2. The van der Waals surface area contributed by atoms with E-state index in [1.54, 1.807) is 0 Å². The number of nitrogen functional groups attached to an aromatic ring is 1. The molecule has 2 aromatic heterocycles. The number of nitrogens with two attached hydrogens (primary N) is 1. The van der Waals surface area contributed by atoms with Crippen molar-refractivity contribution in [3.8, 4) is 0 Å². The minimum atomic E-state index is -0.497. The summed E-state index contributed by atoms with van der Waals surface area (Å²) in [4.78, 5) is 23.1. The van der Waals surface area contributed by atoms with Crippen LogP contribution in [0.15, 0.2) is 22.3 Å². The summed E-state index contributed by atoms with van der Waals surface area (Å²) in [6.07, 6.45) is 0. The lowest BCUT2D eigenvalue weighted by molar-refractivity contribution is -0.388. The van der Waals surface area contributed by atoms with Gasteiger partial charge in [0, 0.05) is 17.5 Å². The molecular weight excluding hydrogens is 278 g/mol. The highest BCUT2D eigenvalue weighted by molar-refractivity contribution is 7.99. The largest absolute Gasteiger partial charge is 0.384 e. The lowest BCUT2D eigenvalue weighted by Crippen LogP contribution is -2.00. The molecule has 0 aliphatic rings. The Bertz CT molecular complexity index is 667. The number of rotatable bonds is 3. The third kappa shape index (κ3) is 2.85. The van der Waals surface area contributed by atoms with Crippen molar-refractivity contribution in [2.75, 3.05) is 5.73 Å². The molecule has 0 aliphatic carbocycles. The summed E-state index contributed by atoms with van der Waals surface area (Å²) >= 11 is 1.04. The van der Waals surface area contributed by atoms with Crippen molar-refractivity contribution in [2.24, 2.45) is 0 Å². The highest BCUT2D eigenvalue weighted by atomic mass is 32.2. The first-order valence-corrected chi connectivity index (χ1v) is 6.60. The Morgan fingerprint density at radius 3 is 2.30 bits per heavy atom. The maximum atomic E-state index is 11.0. The normalized spacial score (nSPS) is 10.6. The Labute approximate surface area is 119 Å². The molecule has 8 heteroatoms. The Morgan fingerprint density at radius 2 is 1.75 bits per heavy atom. The lowest BCUT2D eigenvalue weighted by Gasteiger charge is -2.06. The number of anilines is 1. The van der Waals surface area contributed by atoms with Crippen LogP contribution in [0.2, 0.25) is 0 Å². The van der Waals surface area contributed by atoms with Crippen LogP contribution in [0, 0.1) is 30.9 Å². The van der Waals surface area contributed by atoms with Gasteiger partial charge in [0.15, 0.2) is 10.2 Å². The van der Waals surface area contributed by atoms with Gasteiger partial charge in [0.25, 0.3) is 0 Å². The van der Waals surface area contributed by atoms with E-state index in [1.165, 1.54) is 12.1 Å². The van der Waals surface area contributed by atoms with E-state index >= 15 is 0 Å². The summed E-state index contributed by atoms with van der Waals surface area (Å²) in [7, 11) is 0. The van der Waals surface area contributed by atoms with Crippen LogP contribution in [-0.2, 0) is 0 Å². The van der Waals surface area contributed by atoms with E-state index in [0.29, 0.717) is 5.16 Å². The molecule has 0 fully saturated rings. The van der Waals surface area contributed by atoms with Crippen LogP contribution in [0.5, 0.6) is 0 Å². The summed E-state index contributed by atoms with van der Waals surface area (Å²) in [5.74, 6) is 0.221. The Kier molecular flexibility index (Phi) is 3.84. The molecule has 2 aromatic rings. The van der Waals surface area contributed by atoms with E-state index in [4.69, 9.17) is 5.73 Å². The van der Waals surface area contributed by atoms with Gasteiger partial charge in [-0.2, -0.15) is 0 Å². The van der Waals surface area contributed by atoms with E-state index in [1.807, 2.05) is 20.8 Å². The molecule has 0 unspecified atom stereocenters. The molecule has 0 radical (unpaired) electrons. The molecule has 2 heterocycles. The summed E-state index contributed by atoms with van der Waals surface area (Å²) in [5, 5.41) is 11.6. The fourth-order valence-electron chi connectivity index (χ4n) is 1.54. The molecule has 0 aliphatic heterocycles. The van der Waals surface area contributed by atoms with Crippen LogP contribution in [0.25, 0.3) is 0 Å². The maximum absolute atomic E-state index is 11.0. The van der Waals surface area contributed by atoms with Gasteiger partial charge in [-0.25, -0.2) is 15.0 Å². The van der Waals surface area contributed by atoms with Crippen molar-refractivity contribution in [3.63, 3.8) is 0 Å². The third-order valence-electron chi connectivity index (χ3n) is 2.86. The molecule has 0 spiro atoms. The number of pyridine rings is 1. The zero-order chi connectivity index (χ0) is 14.9. The predicted molar refractivity (Wildman–Crippen MR) is 75.7 cm³/mol. The topological polar surface area (TPSA) is 108 Å². The average molecular weight is 291 g/mol. The summed E-state index contributed by atoms with van der Waals surface area (Å²) < 4.78 is 0. The van der Waals surface area contributed by atoms with Crippen molar-refractivity contribution in [2.45, 2.75) is 31.0 Å². The van der Waals surface area contributed by atoms with Gasteiger partial charge in [-0.1, -0.05) is 0 Å². The molecular formula is C12H13N5O2S. The molecule has 0 saturated heterocycles. The van der Waals surface area contributed by atoms with Crippen LogP contribution < -0.4 is 5.73 Å². The molecule has 2 rings (SSSR count). The Morgan fingerprint density at radius 1 is 1.15 bits per heavy atom. The van der Waals surface area contributed by atoms with E-state index in [0.717, 1.165) is 28.7 Å². The number of hydrogen-bond donors (Lipinski definition) is 1. The van der Waals surface area contributed by atoms with Crippen molar-refractivity contribution in [1.29, 1.82) is 0 Å². The minimum absolute atomic E-state index is 0.108. The monoisotopic (exact) mass is 291 g/mol. The second kappa shape index (κ2) is 5.41. The lowest BCUT2D eigenvalue weighted by atomic mass is 10.2. The maximum Gasteiger partial charge on any atom is 0.301 e. The van der Waals surface area contributed by atoms with Gasteiger partial charge in [-0.05, 0) is 44.2 Å². The van der Waals surface area contributed by atoms with Crippen molar-refractivity contribution >= 4 is 23.3 Å². The van der Waals surface area contributed by atoms with Crippen LogP contribution in [0.1, 0.15) is 17.0 Å². The van der Waals surface area contributed by atoms with E-state index in [-0.39, 0.29) is 16.5 Å². The Balaban J connectivity index is 2.44.